The minimum atomic E-state index is -0.273. The third-order valence-electron chi connectivity index (χ3n) is 2.94. The minimum absolute atomic E-state index is 0.273. The molecule has 6 nitrogen and oxygen atoms in total. The lowest BCUT2D eigenvalue weighted by Crippen LogP contribution is -2.18. The van der Waals surface area contributed by atoms with Gasteiger partial charge in [-0.2, -0.15) is 0 Å². The Balaban J connectivity index is 2.20. The number of carbonyl (C=O) groups is 1. The van der Waals surface area contributed by atoms with Gasteiger partial charge in [-0.05, 0) is 30.7 Å². The van der Waals surface area contributed by atoms with Crippen molar-refractivity contribution >= 4 is 17.3 Å². The number of carbonyl (C=O) groups excluding carboxylic acids is 1. The van der Waals surface area contributed by atoms with Gasteiger partial charge in [0.2, 0.25) is 0 Å². The molecule has 0 radical (unpaired) electrons. The molecule has 0 fully saturated rings. The molecule has 1 aromatic carbocycles. The molecule has 0 aliphatic heterocycles. The zero-order chi connectivity index (χ0) is 15.2. The summed E-state index contributed by atoms with van der Waals surface area (Å²) in [6.07, 6.45) is 1.50. The summed E-state index contributed by atoms with van der Waals surface area (Å²) in [5.74, 6) is 5.17. The van der Waals surface area contributed by atoms with E-state index in [0.29, 0.717) is 23.5 Å². The molecule has 0 spiro atoms. The number of hydrazine groups is 1. The van der Waals surface area contributed by atoms with Gasteiger partial charge >= 0.3 is 0 Å². The first kappa shape index (κ1) is 15.0. The molecule has 1 heterocycles. The van der Waals surface area contributed by atoms with Crippen LogP contribution in [0.25, 0.3) is 0 Å². The Bertz CT molecular complexity index is 643. The van der Waals surface area contributed by atoms with Gasteiger partial charge in [0.15, 0.2) is 0 Å². The fourth-order valence-corrected chi connectivity index (χ4v) is 1.96. The normalized spacial score (nSPS) is 10.2. The van der Waals surface area contributed by atoms with Gasteiger partial charge in [0, 0.05) is 24.7 Å². The number of nitrogens with one attached hydrogen (secondary N) is 2. The van der Waals surface area contributed by atoms with E-state index in [0.717, 1.165) is 11.3 Å². The highest BCUT2D eigenvalue weighted by atomic mass is 16.5. The number of ether oxygens (including phenoxy) is 1. The molecule has 110 valence electrons. The molecule has 0 bridgehead atoms. The van der Waals surface area contributed by atoms with E-state index in [1.165, 1.54) is 6.20 Å². The van der Waals surface area contributed by atoms with Gasteiger partial charge in [-0.15, -0.1) is 0 Å². The van der Waals surface area contributed by atoms with E-state index in [1.807, 2.05) is 31.2 Å². The number of hydrogen-bond acceptors (Lipinski definition) is 5. The number of aromatic nitrogens is 1. The standard InChI is InChI=1S/C15H18N4O2/c1-10-6-14(19-16)13(8-17-10)15(20)18-12-5-3-4-11(7-12)9-21-2/h3-8H,9,16H2,1-2H3,(H,17,19)(H,18,20). The van der Waals surface area contributed by atoms with Gasteiger partial charge in [0.25, 0.3) is 5.91 Å². The average molecular weight is 286 g/mol. The molecule has 0 atom stereocenters. The molecule has 2 aromatic rings. The van der Waals surface area contributed by atoms with E-state index >= 15 is 0 Å². The van der Waals surface area contributed by atoms with Gasteiger partial charge < -0.3 is 15.5 Å². The molecule has 0 unspecified atom stereocenters. The van der Waals surface area contributed by atoms with Crippen molar-refractivity contribution < 1.29 is 9.53 Å². The van der Waals surface area contributed by atoms with E-state index in [4.69, 9.17) is 10.6 Å². The summed E-state index contributed by atoms with van der Waals surface area (Å²) in [4.78, 5) is 16.4. The van der Waals surface area contributed by atoms with Crippen LogP contribution in [-0.4, -0.2) is 18.0 Å². The number of rotatable bonds is 5. The van der Waals surface area contributed by atoms with E-state index < -0.39 is 0 Å². The highest BCUT2D eigenvalue weighted by Crippen LogP contribution is 2.17. The van der Waals surface area contributed by atoms with Crippen molar-refractivity contribution in [1.29, 1.82) is 0 Å². The van der Waals surface area contributed by atoms with Gasteiger partial charge in [-0.3, -0.25) is 15.6 Å². The average Bonchev–Trinajstić information content (AvgIpc) is 2.47. The number of methoxy groups -OCH3 is 1. The number of nitrogens with two attached hydrogens (primary N) is 1. The highest BCUT2D eigenvalue weighted by molar-refractivity contribution is 6.07. The van der Waals surface area contributed by atoms with Gasteiger partial charge in [0.05, 0.1) is 17.9 Å². The summed E-state index contributed by atoms with van der Waals surface area (Å²) in [7, 11) is 1.63. The maximum Gasteiger partial charge on any atom is 0.259 e. The summed E-state index contributed by atoms with van der Waals surface area (Å²) >= 11 is 0. The number of aryl methyl sites for hydroxylation is 1. The van der Waals surface area contributed by atoms with E-state index in [1.54, 1.807) is 13.2 Å². The fourth-order valence-electron chi connectivity index (χ4n) is 1.96. The quantitative estimate of drug-likeness (QED) is 0.578. The van der Waals surface area contributed by atoms with Crippen molar-refractivity contribution in [2.45, 2.75) is 13.5 Å². The Morgan fingerprint density at radius 2 is 2.19 bits per heavy atom. The van der Waals surface area contributed by atoms with Crippen molar-refractivity contribution in [3.63, 3.8) is 0 Å². The first-order valence-corrected chi connectivity index (χ1v) is 6.46. The zero-order valence-corrected chi connectivity index (χ0v) is 12.0. The molecular formula is C15H18N4O2. The van der Waals surface area contributed by atoms with Crippen LogP contribution in [0.1, 0.15) is 21.6 Å². The second-order valence-electron chi connectivity index (χ2n) is 4.60. The third kappa shape index (κ3) is 3.77. The second-order valence-corrected chi connectivity index (χ2v) is 4.60. The number of hydrogen-bond donors (Lipinski definition) is 3. The van der Waals surface area contributed by atoms with Crippen LogP contribution in [0.4, 0.5) is 11.4 Å². The second kappa shape index (κ2) is 6.83. The smallest absolute Gasteiger partial charge is 0.259 e. The lowest BCUT2D eigenvalue weighted by atomic mass is 10.1. The molecule has 1 aromatic heterocycles. The van der Waals surface area contributed by atoms with Crippen molar-refractivity contribution in [3.8, 4) is 0 Å². The number of nitrogens with zero attached hydrogens (tertiary/aromatic N) is 1. The van der Waals surface area contributed by atoms with Crippen LogP contribution in [0.2, 0.25) is 0 Å². The molecule has 2 rings (SSSR count). The van der Waals surface area contributed by atoms with Gasteiger partial charge in [-0.1, -0.05) is 12.1 Å². The SMILES string of the molecule is COCc1cccc(NC(=O)c2cnc(C)cc2NN)c1. The molecule has 0 saturated carbocycles. The summed E-state index contributed by atoms with van der Waals surface area (Å²) in [5.41, 5.74) is 5.89. The first-order valence-electron chi connectivity index (χ1n) is 6.46. The predicted octanol–water partition coefficient (Wildman–Crippen LogP) is 2.07. The molecule has 4 N–H and O–H groups in total. The van der Waals surface area contributed by atoms with Crippen LogP contribution in [0.3, 0.4) is 0 Å². The largest absolute Gasteiger partial charge is 0.380 e. The topological polar surface area (TPSA) is 89.3 Å². The van der Waals surface area contributed by atoms with Crippen LogP contribution in [0.15, 0.2) is 36.5 Å². The highest BCUT2D eigenvalue weighted by Gasteiger charge is 2.12. The Labute approximate surface area is 123 Å². The van der Waals surface area contributed by atoms with Crippen LogP contribution in [-0.2, 0) is 11.3 Å². The maximum absolute atomic E-state index is 12.3. The van der Waals surface area contributed by atoms with Crippen molar-refractivity contribution in [2.24, 2.45) is 5.84 Å². The Kier molecular flexibility index (Phi) is 4.86. The number of anilines is 2. The summed E-state index contributed by atoms with van der Waals surface area (Å²) in [6.45, 7) is 2.32. The molecule has 0 saturated heterocycles. The Morgan fingerprint density at radius 1 is 1.38 bits per heavy atom. The molecule has 21 heavy (non-hydrogen) atoms. The molecule has 0 aliphatic rings. The Hall–Kier alpha value is -2.44. The molecule has 6 heteroatoms. The lowest BCUT2D eigenvalue weighted by Gasteiger charge is -2.11. The van der Waals surface area contributed by atoms with E-state index in [-0.39, 0.29) is 5.91 Å². The third-order valence-corrected chi connectivity index (χ3v) is 2.94. The predicted molar refractivity (Wildman–Crippen MR) is 81.9 cm³/mol. The number of benzene rings is 1. The van der Waals surface area contributed by atoms with Crippen molar-refractivity contribution in [3.05, 3.63) is 53.3 Å². The number of nitrogen functional groups attached to an aromatic ring is 1. The van der Waals surface area contributed by atoms with E-state index in [9.17, 15) is 4.79 Å². The van der Waals surface area contributed by atoms with Crippen LogP contribution in [0, 0.1) is 6.92 Å². The molecule has 0 aliphatic carbocycles. The molecular weight excluding hydrogens is 268 g/mol. The van der Waals surface area contributed by atoms with Gasteiger partial charge in [-0.25, -0.2) is 0 Å². The summed E-state index contributed by atoms with van der Waals surface area (Å²) < 4.78 is 5.07. The van der Waals surface area contributed by atoms with E-state index in [2.05, 4.69) is 15.7 Å². The van der Waals surface area contributed by atoms with Gasteiger partial charge in [0.1, 0.15) is 0 Å². The first-order chi connectivity index (χ1) is 10.1. The van der Waals surface area contributed by atoms with Crippen molar-refractivity contribution in [2.75, 3.05) is 17.9 Å². The molecule has 1 amide bonds. The Morgan fingerprint density at radius 3 is 2.90 bits per heavy atom. The monoisotopic (exact) mass is 286 g/mol. The zero-order valence-electron chi connectivity index (χ0n) is 12.0. The minimum Gasteiger partial charge on any atom is -0.380 e. The fraction of sp³-hybridized carbons (Fsp3) is 0.200. The van der Waals surface area contributed by atoms with Crippen molar-refractivity contribution in [1.82, 2.24) is 4.98 Å². The van der Waals surface area contributed by atoms with Crippen LogP contribution >= 0.6 is 0 Å². The summed E-state index contributed by atoms with van der Waals surface area (Å²) in [6, 6.07) is 9.18. The van der Waals surface area contributed by atoms with Crippen LogP contribution in [0.5, 0.6) is 0 Å². The maximum atomic E-state index is 12.3. The lowest BCUT2D eigenvalue weighted by molar-refractivity contribution is 0.102. The summed E-state index contributed by atoms with van der Waals surface area (Å²) in [5, 5.41) is 2.82. The van der Waals surface area contributed by atoms with Crippen LogP contribution < -0.4 is 16.6 Å². The number of amides is 1. The number of pyridine rings is 1.